The number of hydrogen-bond donors (Lipinski definition) is 2. The van der Waals surface area contributed by atoms with E-state index in [1.165, 1.54) is 19.1 Å². The lowest BCUT2D eigenvalue weighted by atomic mass is 10.2. The predicted molar refractivity (Wildman–Crippen MR) is 79.4 cm³/mol. The van der Waals surface area contributed by atoms with Gasteiger partial charge in [0.1, 0.15) is 6.10 Å². The van der Waals surface area contributed by atoms with Crippen LogP contribution in [0.3, 0.4) is 0 Å². The molecule has 2 unspecified atom stereocenters. The molecule has 2 N–H and O–H groups in total. The van der Waals surface area contributed by atoms with Crippen molar-refractivity contribution in [3.63, 3.8) is 0 Å². The fourth-order valence-electron chi connectivity index (χ4n) is 1.41. The summed E-state index contributed by atoms with van der Waals surface area (Å²) in [6.45, 7) is 3.06. The number of Topliss-reactive ketones (excluding diaryl/α,β-unsaturated/α-hetero) is 1. The standard InChI is InChI=1S/C13H16O6S2/c1-3-19-13(18)12(17)10-5-4-9(21-10)11(16)8(15)6-20-7(2)14/h4-5,8,11,15-16H,3,6H2,1-2H3. The number of thiophene rings is 1. The number of carbonyl (C=O) groups excluding carboxylic acids is 3. The van der Waals surface area contributed by atoms with Crippen LogP contribution in [0.4, 0.5) is 0 Å². The van der Waals surface area contributed by atoms with E-state index in [1.54, 1.807) is 6.92 Å². The number of ketones is 1. The summed E-state index contributed by atoms with van der Waals surface area (Å²) in [7, 11) is 0. The van der Waals surface area contributed by atoms with E-state index in [-0.39, 0.29) is 22.4 Å². The van der Waals surface area contributed by atoms with Gasteiger partial charge in [-0.25, -0.2) is 4.79 Å². The molecule has 0 spiro atoms. The average Bonchev–Trinajstić information content (AvgIpc) is 2.92. The quantitative estimate of drug-likeness (QED) is 0.439. The highest BCUT2D eigenvalue weighted by atomic mass is 32.2. The van der Waals surface area contributed by atoms with Crippen LogP contribution in [0.5, 0.6) is 0 Å². The van der Waals surface area contributed by atoms with Gasteiger partial charge in [0.2, 0.25) is 0 Å². The monoisotopic (exact) mass is 332 g/mol. The van der Waals surface area contributed by atoms with Crippen molar-refractivity contribution in [3.8, 4) is 0 Å². The molecule has 6 nitrogen and oxygen atoms in total. The van der Waals surface area contributed by atoms with Gasteiger partial charge in [-0.2, -0.15) is 0 Å². The van der Waals surface area contributed by atoms with Gasteiger partial charge >= 0.3 is 5.97 Å². The van der Waals surface area contributed by atoms with Crippen LogP contribution >= 0.6 is 23.1 Å². The Morgan fingerprint density at radius 1 is 1.33 bits per heavy atom. The molecular weight excluding hydrogens is 316 g/mol. The van der Waals surface area contributed by atoms with Crippen molar-refractivity contribution >= 4 is 40.0 Å². The normalized spacial score (nSPS) is 13.5. The summed E-state index contributed by atoms with van der Waals surface area (Å²) >= 11 is 1.81. The van der Waals surface area contributed by atoms with Crippen LogP contribution in [0.2, 0.25) is 0 Å². The Hall–Kier alpha value is -1.22. The predicted octanol–water partition coefficient (Wildman–Crippen LogP) is 1.17. The number of thioether (sulfide) groups is 1. The lowest BCUT2D eigenvalue weighted by molar-refractivity contribution is -0.137. The first kappa shape index (κ1) is 17.8. The molecule has 0 saturated heterocycles. The zero-order valence-corrected chi connectivity index (χ0v) is 13.2. The molecule has 1 heterocycles. The number of carbonyl (C=O) groups is 3. The molecule has 1 rings (SSSR count). The van der Waals surface area contributed by atoms with E-state index >= 15 is 0 Å². The first-order valence-electron chi connectivity index (χ1n) is 6.17. The third-order valence-electron chi connectivity index (χ3n) is 2.42. The van der Waals surface area contributed by atoms with Crippen molar-refractivity contribution in [2.24, 2.45) is 0 Å². The van der Waals surface area contributed by atoms with Gasteiger partial charge in [0.05, 0.1) is 17.6 Å². The van der Waals surface area contributed by atoms with Crippen molar-refractivity contribution in [2.75, 3.05) is 12.4 Å². The van der Waals surface area contributed by atoms with Crippen molar-refractivity contribution in [1.82, 2.24) is 0 Å². The van der Waals surface area contributed by atoms with Gasteiger partial charge in [0.15, 0.2) is 5.12 Å². The third-order valence-corrected chi connectivity index (χ3v) is 4.49. The summed E-state index contributed by atoms with van der Waals surface area (Å²) in [6.07, 6.45) is -2.35. The summed E-state index contributed by atoms with van der Waals surface area (Å²) in [5, 5.41) is 19.6. The minimum atomic E-state index is -1.22. The van der Waals surface area contributed by atoms with Crippen LogP contribution < -0.4 is 0 Å². The molecule has 8 heteroatoms. The largest absolute Gasteiger partial charge is 0.460 e. The minimum absolute atomic E-state index is 0.0511. The van der Waals surface area contributed by atoms with Crippen molar-refractivity contribution in [1.29, 1.82) is 0 Å². The highest BCUT2D eigenvalue weighted by Crippen LogP contribution is 2.27. The number of aliphatic hydroxyl groups is 2. The van der Waals surface area contributed by atoms with Crippen LogP contribution in [-0.2, 0) is 14.3 Å². The second kappa shape index (κ2) is 8.28. The Morgan fingerprint density at radius 2 is 2.00 bits per heavy atom. The summed E-state index contributed by atoms with van der Waals surface area (Å²) in [6, 6.07) is 2.86. The Bertz CT molecular complexity index is 524. The van der Waals surface area contributed by atoms with Crippen LogP contribution in [0.25, 0.3) is 0 Å². The molecule has 0 amide bonds. The van der Waals surface area contributed by atoms with Gasteiger partial charge in [-0.1, -0.05) is 11.8 Å². The molecule has 0 fully saturated rings. The number of hydrogen-bond acceptors (Lipinski definition) is 8. The van der Waals surface area contributed by atoms with E-state index in [9.17, 15) is 24.6 Å². The minimum Gasteiger partial charge on any atom is -0.460 e. The highest BCUT2D eigenvalue weighted by Gasteiger charge is 2.24. The van der Waals surface area contributed by atoms with Crippen molar-refractivity contribution in [3.05, 3.63) is 21.9 Å². The molecule has 21 heavy (non-hydrogen) atoms. The van der Waals surface area contributed by atoms with Gasteiger partial charge in [-0.05, 0) is 19.1 Å². The van der Waals surface area contributed by atoms with E-state index in [0.717, 1.165) is 23.1 Å². The third kappa shape index (κ3) is 5.24. The van der Waals surface area contributed by atoms with Gasteiger partial charge < -0.3 is 14.9 Å². The summed E-state index contributed by atoms with van der Waals surface area (Å²) in [5.41, 5.74) is 0. The summed E-state index contributed by atoms with van der Waals surface area (Å²) in [5.74, 6) is -1.68. The molecule has 0 saturated carbocycles. The zero-order chi connectivity index (χ0) is 16.0. The van der Waals surface area contributed by atoms with Crippen molar-refractivity contribution in [2.45, 2.75) is 26.1 Å². The molecule has 0 bridgehead atoms. The molecule has 0 aromatic carbocycles. The number of rotatable bonds is 7. The molecule has 1 aromatic heterocycles. The number of esters is 1. The molecule has 0 aliphatic carbocycles. The van der Waals surface area contributed by atoms with Gasteiger partial charge in [0, 0.05) is 17.6 Å². The molecule has 116 valence electrons. The SMILES string of the molecule is CCOC(=O)C(=O)c1ccc(C(O)C(O)CSC(C)=O)s1. The van der Waals surface area contributed by atoms with E-state index in [0.29, 0.717) is 4.88 Å². The molecule has 2 atom stereocenters. The second-order valence-electron chi connectivity index (χ2n) is 4.07. The topological polar surface area (TPSA) is 101 Å². The van der Waals surface area contributed by atoms with E-state index < -0.39 is 24.0 Å². The van der Waals surface area contributed by atoms with E-state index in [4.69, 9.17) is 0 Å². The molecular formula is C13H16O6S2. The first-order valence-corrected chi connectivity index (χ1v) is 7.97. The average molecular weight is 332 g/mol. The fourth-order valence-corrected chi connectivity index (χ4v) is 2.98. The number of ether oxygens (including phenoxy) is 1. The Morgan fingerprint density at radius 3 is 2.57 bits per heavy atom. The van der Waals surface area contributed by atoms with Crippen molar-refractivity contribution < 1.29 is 29.3 Å². The maximum atomic E-state index is 11.7. The smallest absolute Gasteiger partial charge is 0.380 e. The maximum Gasteiger partial charge on any atom is 0.380 e. The van der Waals surface area contributed by atoms with Crippen LogP contribution in [0.1, 0.15) is 34.5 Å². The maximum absolute atomic E-state index is 11.7. The van der Waals surface area contributed by atoms with E-state index in [1.807, 2.05) is 0 Å². The zero-order valence-electron chi connectivity index (χ0n) is 11.6. The second-order valence-corrected chi connectivity index (χ2v) is 6.38. The Labute approximate surface area is 130 Å². The van der Waals surface area contributed by atoms with E-state index in [2.05, 4.69) is 4.74 Å². The summed E-state index contributed by atoms with van der Waals surface area (Å²) < 4.78 is 4.61. The highest BCUT2D eigenvalue weighted by molar-refractivity contribution is 8.13. The lowest BCUT2D eigenvalue weighted by Crippen LogP contribution is -2.20. The Kier molecular flexibility index (Phi) is 7.03. The molecule has 0 radical (unpaired) electrons. The molecule has 0 aliphatic heterocycles. The summed E-state index contributed by atoms with van der Waals surface area (Å²) in [4.78, 5) is 34.3. The van der Waals surface area contributed by atoms with Gasteiger partial charge in [-0.15, -0.1) is 11.3 Å². The van der Waals surface area contributed by atoms with Crippen LogP contribution in [0.15, 0.2) is 12.1 Å². The molecule has 0 aliphatic rings. The first-order chi connectivity index (χ1) is 9.86. The fraction of sp³-hybridized carbons (Fsp3) is 0.462. The van der Waals surface area contributed by atoms with Crippen LogP contribution in [0, 0.1) is 0 Å². The molecule has 1 aromatic rings. The number of aliphatic hydroxyl groups excluding tert-OH is 2. The Balaban J connectivity index is 2.71. The van der Waals surface area contributed by atoms with Gasteiger partial charge in [-0.3, -0.25) is 9.59 Å². The van der Waals surface area contributed by atoms with Gasteiger partial charge in [0.25, 0.3) is 5.78 Å². The van der Waals surface area contributed by atoms with Crippen LogP contribution in [-0.4, -0.2) is 45.5 Å². The lowest BCUT2D eigenvalue weighted by Gasteiger charge is -2.15.